The second-order valence-corrected chi connectivity index (χ2v) is 5.01. The first-order chi connectivity index (χ1) is 10.5. The van der Waals surface area contributed by atoms with E-state index in [0.717, 1.165) is 5.56 Å². The molecule has 0 saturated carbocycles. The number of rotatable bonds is 3. The van der Waals surface area contributed by atoms with Crippen molar-refractivity contribution in [2.24, 2.45) is 5.10 Å². The van der Waals surface area contributed by atoms with E-state index >= 15 is 0 Å². The van der Waals surface area contributed by atoms with Crippen LogP contribution in [0.15, 0.2) is 53.6 Å². The molecule has 0 heterocycles. The lowest BCUT2D eigenvalue weighted by Gasteiger charge is -2.04. The van der Waals surface area contributed by atoms with E-state index < -0.39 is 11.8 Å². The number of hydrazone groups is 1. The topological polar surface area (TPSA) is 70.6 Å². The number of hydrogen-bond donors (Lipinski definition) is 2. The summed E-state index contributed by atoms with van der Waals surface area (Å²) in [7, 11) is 0. The SMILES string of the molecule is Cc1cccc(NC(=O)C(=O)NN=Cc2cccc(Cl)c2)c1. The summed E-state index contributed by atoms with van der Waals surface area (Å²) in [6.07, 6.45) is 1.41. The fourth-order valence-corrected chi connectivity index (χ4v) is 1.91. The fraction of sp³-hybridized carbons (Fsp3) is 0.0625. The van der Waals surface area contributed by atoms with Crippen LogP contribution in [0.4, 0.5) is 5.69 Å². The van der Waals surface area contributed by atoms with E-state index in [1.165, 1.54) is 6.21 Å². The molecule has 0 bridgehead atoms. The second kappa shape index (κ2) is 7.38. The first-order valence-electron chi connectivity index (χ1n) is 6.51. The van der Waals surface area contributed by atoms with Crippen molar-refractivity contribution < 1.29 is 9.59 Å². The molecule has 0 atom stereocenters. The van der Waals surface area contributed by atoms with Gasteiger partial charge in [-0.2, -0.15) is 5.10 Å². The summed E-state index contributed by atoms with van der Waals surface area (Å²) in [4.78, 5) is 23.3. The van der Waals surface area contributed by atoms with Crippen LogP contribution in [-0.2, 0) is 9.59 Å². The average molecular weight is 316 g/mol. The van der Waals surface area contributed by atoms with Gasteiger partial charge in [-0.25, -0.2) is 5.43 Å². The molecule has 0 unspecified atom stereocenters. The molecular formula is C16H14ClN3O2. The summed E-state index contributed by atoms with van der Waals surface area (Å²) in [6.45, 7) is 1.89. The van der Waals surface area contributed by atoms with Gasteiger partial charge in [-0.15, -0.1) is 0 Å². The van der Waals surface area contributed by atoms with Gasteiger partial charge in [0.25, 0.3) is 0 Å². The molecule has 5 nitrogen and oxygen atoms in total. The predicted molar refractivity (Wildman–Crippen MR) is 87.0 cm³/mol. The lowest BCUT2D eigenvalue weighted by molar-refractivity contribution is -0.136. The van der Waals surface area contributed by atoms with Crippen LogP contribution in [0.3, 0.4) is 0 Å². The maximum atomic E-state index is 11.7. The van der Waals surface area contributed by atoms with Gasteiger partial charge >= 0.3 is 11.8 Å². The van der Waals surface area contributed by atoms with Crippen LogP contribution < -0.4 is 10.7 Å². The van der Waals surface area contributed by atoms with Gasteiger partial charge in [-0.3, -0.25) is 9.59 Å². The summed E-state index contributed by atoms with van der Waals surface area (Å²) >= 11 is 5.83. The Bertz CT molecular complexity index is 729. The number of nitrogens with one attached hydrogen (secondary N) is 2. The minimum Gasteiger partial charge on any atom is -0.318 e. The third kappa shape index (κ3) is 4.71. The van der Waals surface area contributed by atoms with Gasteiger partial charge in [0, 0.05) is 10.7 Å². The summed E-state index contributed by atoms with van der Waals surface area (Å²) in [5, 5.41) is 6.78. The number of benzene rings is 2. The first-order valence-corrected chi connectivity index (χ1v) is 6.89. The molecule has 2 N–H and O–H groups in total. The minimum absolute atomic E-state index is 0.555. The van der Waals surface area contributed by atoms with Gasteiger partial charge in [0.2, 0.25) is 0 Å². The molecule has 2 amide bonds. The summed E-state index contributed by atoms with van der Waals surface area (Å²) in [5.74, 6) is -1.63. The van der Waals surface area contributed by atoms with Crippen molar-refractivity contribution in [2.75, 3.05) is 5.32 Å². The van der Waals surface area contributed by atoms with Crippen molar-refractivity contribution in [1.29, 1.82) is 0 Å². The Kier molecular flexibility index (Phi) is 5.27. The van der Waals surface area contributed by atoms with Crippen LogP contribution in [0.25, 0.3) is 0 Å². The predicted octanol–water partition coefficient (Wildman–Crippen LogP) is 2.74. The van der Waals surface area contributed by atoms with Gasteiger partial charge in [-0.05, 0) is 42.3 Å². The lowest BCUT2D eigenvalue weighted by Crippen LogP contribution is -2.32. The minimum atomic E-state index is -0.847. The number of nitrogens with zero attached hydrogens (tertiary/aromatic N) is 1. The van der Waals surface area contributed by atoms with Gasteiger partial charge < -0.3 is 5.32 Å². The van der Waals surface area contributed by atoms with Crippen molar-refractivity contribution >= 4 is 35.3 Å². The van der Waals surface area contributed by atoms with E-state index in [2.05, 4.69) is 15.8 Å². The van der Waals surface area contributed by atoms with Crippen molar-refractivity contribution in [3.63, 3.8) is 0 Å². The molecular weight excluding hydrogens is 302 g/mol. The second-order valence-electron chi connectivity index (χ2n) is 4.58. The molecule has 2 aromatic carbocycles. The molecule has 0 saturated heterocycles. The van der Waals surface area contributed by atoms with Crippen LogP contribution in [0.1, 0.15) is 11.1 Å². The number of hydrogen-bond acceptors (Lipinski definition) is 3. The van der Waals surface area contributed by atoms with E-state index in [-0.39, 0.29) is 0 Å². The third-order valence-corrected chi connectivity index (χ3v) is 2.95. The maximum absolute atomic E-state index is 11.7. The van der Waals surface area contributed by atoms with Crippen LogP contribution in [0.5, 0.6) is 0 Å². The Morgan fingerprint density at radius 2 is 1.86 bits per heavy atom. The maximum Gasteiger partial charge on any atom is 0.329 e. The number of amides is 2. The van der Waals surface area contributed by atoms with Gasteiger partial charge in [0.1, 0.15) is 0 Å². The van der Waals surface area contributed by atoms with Crippen molar-refractivity contribution in [1.82, 2.24) is 5.43 Å². The molecule has 0 spiro atoms. The third-order valence-electron chi connectivity index (χ3n) is 2.71. The first kappa shape index (κ1) is 15.7. The van der Waals surface area contributed by atoms with E-state index in [1.54, 1.807) is 42.5 Å². The van der Waals surface area contributed by atoms with Crippen molar-refractivity contribution in [3.8, 4) is 0 Å². The number of anilines is 1. The van der Waals surface area contributed by atoms with Crippen molar-refractivity contribution in [2.45, 2.75) is 6.92 Å². The lowest BCUT2D eigenvalue weighted by atomic mass is 10.2. The summed E-state index contributed by atoms with van der Waals surface area (Å²) in [6, 6.07) is 14.1. The monoisotopic (exact) mass is 315 g/mol. The molecule has 0 fully saturated rings. The summed E-state index contributed by atoms with van der Waals surface area (Å²) in [5.41, 5.74) is 4.41. The molecule has 0 aliphatic heterocycles. The largest absolute Gasteiger partial charge is 0.329 e. The van der Waals surface area contributed by atoms with Crippen LogP contribution >= 0.6 is 11.6 Å². The molecule has 22 heavy (non-hydrogen) atoms. The van der Waals surface area contributed by atoms with Gasteiger partial charge in [-0.1, -0.05) is 35.9 Å². The van der Waals surface area contributed by atoms with E-state index in [0.29, 0.717) is 16.3 Å². The molecule has 2 aromatic rings. The number of halogens is 1. The zero-order valence-corrected chi connectivity index (χ0v) is 12.6. The molecule has 6 heteroatoms. The zero-order chi connectivity index (χ0) is 15.9. The standard InChI is InChI=1S/C16H14ClN3O2/c1-11-4-2-7-14(8-11)19-15(21)16(22)20-18-10-12-5-3-6-13(17)9-12/h2-10H,1H3,(H,19,21)(H,20,22). The quantitative estimate of drug-likeness (QED) is 0.519. The Hall–Kier alpha value is -2.66. The van der Waals surface area contributed by atoms with E-state index in [4.69, 9.17) is 11.6 Å². The molecule has 0 aromatic heterocycles. The summed E-state index contributed by atoms with van der Waals surface area (Å²) < 4.78 is 0. The average Bonchev–Trinajstić information content (AvgIpc) is 2.47. The normalized spacial score (nSPS) is 10.5. The van der Waals surface area contributed by atoms with Crippen LogP contribution in [0.2, 0.25) is 5.02 Å². The molecule has 0 aliphatic carbocycles. The zero-order valence-electron chi connectivity index (χ0n) is 11.8. The van der Waals surface area contributed by atoms with E-state index in [9.17, 15) is 9.59 Å². The smallest absolute Gasteiger partial charge is 0.318 e. The molecule has 2 rings (SSSR count). The van der Waals surface area contributed by atoms with Crippen LogP contribution in [-0.4, -0.2) is 18.0 Å². The van der Waals surface area contributed by atoms with E-state index in [1.807, 2.05) is 13.0 Å². The van der Waals surface area contributed by atoms with Crippen LogP contribution in [0, 0.1) is 6.92 Å². The Morgan fingerprint density at radius 3 is 2.59 bits per heavy atom. The highest BCUT2D eigenvalue weighted by atomic mass is 35.5. The van der Waals surface area contributed by atoms with Crippen molar-refractivity contribution in [3.05, 3.63) is 64.7 Å². The van der Waals surface area contributed by atoms with Gasteiger partial charge in [0.15, 0.2) is 0 Å². The fourth-order valence-electron chi connectivity index (χ4n) is 1.71. The molecule has 0 aliphatic rings. The Labute approximate surface area is 133 Å². The Balaban J connectivity index is 1.90. The Morgan fingerprint density at radius 1 is 1.09 bits per heavy atom. The highest BCUT2D eigenvalue weighted by molar-refractivity contribution is 6.39. The van der Waals surface area contributed by atoms with Gasteiger partial charge in [0.05, 0.1) is 6.21 Å². The number of aryl methyl sites for hydroxylation is 1. The molecule has 112 valence electrons. The highest BCUT2D eigenvalue weighted by Gasteiger charge is 2.12. The molecule has 0 radical (unpaired) electrons. The number of carbonyl (C=O) groups excluding carboxylic acids is 2. The highest BCUT2D eigenvalue weighted by Crippen LogP contribution is 2.09. The number of carbonyl (C=O) groups is 2.